The molecule has 0 aliphatic heterocycles. The standard InChI is InChI=1S/C17H23NO2/c1-16(2,3)11-17(4,5)18-9-13-7-6-12(15(19)20)8-14(13)10-18/h6-10H,11H2,1-5H3,(H,19,20). The van der Waals surface area contributed by atoms with Gasteiger partial charge in [-0.05, 0) is 43.2 Å². The van der Waals surface area contributed by atoms with E-state index in [1.54, 1.807) is 12.1 Å². The lowest BCUT2D eigenvalue weighted by Gasteiger charge is -2.34. The Labute approximate surface area is 120 Å². The number of hydrogen-bond acceptors (Lipinski definition) is 1. The monoisotopic (exact) mass is 273 g/mol. The summed E-state index contributed by atoms with van der Waals surface area (Å²) in [5.74, 6) is -0.881. The van der Waals surface area contributed by atoms with Crippen LogP contribution in [0.1, 0.15) is 51.4 Å². The lowest BCUT2D eigenvalue weighted by molar-refractivity contribution is 0.0697. The van der Waals surface area contributed by atoms with Crippen LogP contribution < -0.4 is 0 Å². The van der Waals surface area contributed by atoms with Gasteiger partial charge in [0.2, 0.25) is 0 Å². The van der Waals surface area contributed by atoms with E-state index in [1.165, 1.54) is 0 Å². The van der Waals surface area contributed by atoms with Crippen LogP contribution in [0.5, 0.6) is 0 Å². The Morgan fingerprint density at radius 3 is 2.25 bits per heavy atom. The van der Waals surface area contributed by atoms with Crippen molar-refractivity contribution in [2.45, 2.75) is 46.6 Å². The number of carbonyl (C=O) groups is 1. The minimum Gasteiger partial charge on any atom is -0.478 e. The van der Waals surface area contributed by atoms with Crippen molar-refractivity contribution in [3.05, 3.63) is 36.2 Å². The van der Waals surface area contributed by atoms with Gasteiger partial charge in [0.1, 0.15) is 0 Å². The first-order chi connectivity index (χ1) is 9.08. The topological polar surface area (TPSA) is 42.2 Å². The van der Waals surface area contributed by atoms with E-state index in [9.17, 15) is 4.79 Å². The van der Waals surface area contributed by atoms with Crippen molar-refractivity contribution < 1.29 is 9.90 Å². The lowest BCUT2D eigenvalue weighted by Crippen LogP contribution is -2.30. The first kappa shape index (κ1) is 14.6. The van der Waals surface area contributed by atoms with Gasteiger partial charge in [0.15, 0.2) is 0 Å². The maximum absolute atomic E-state index is 11.0. The summed E-state index contributed by atoms with van der Waals surface area (Å²) in [6.45, 7) is 11.1. The van der Waals surface area contributed by atoms with Crippen LogP contribution in [0.3, 0.4) is 0 Å². The molecule has 0 aliphatic rings. The summed E-state index contributed by atoms with van der Waals surface area (Å²) < 4.78 is 2.20. The Hall–Kier alpha value is -1.77. The predicted octanol–water partition coefficient (Wildman–Crippen LogP) is 4.51. The van der Waals surface area contributed by atoms with Crippen molar-refractivity contribution in [2.75, 3.05) is 0 Å². The number of hydrogen-bond donors (Lipinski definition) is 1. The van der Waals surface area contributed by atoms with Crippen LogP contribution in [0.2, 0.25) is 0 Å². The summed E-state index contributed by atoms with van der Waals surface area (Å²) in [5.41, 5.74) is 0.580. The van der Waals surface area contributed by atoms with Gasteiger partial charge in [-0.15, -0.1) is 0 Å². The van der Waals surface area contributed by atoms with Crippen LogP contribution in [0, 0.1) is 5.41 Å². The highest BCUT2D eigenvalue weighted by Gasteiger charge is 2.27. The number of rotatable bonds is 3. The molecule has 0 radical (unpaired) electrons. The van der Waals surface area contributed by atoms with E-state index >= 15 is 0 Å². The van der Waals surface area contributed by atoms with Gasteiger partial charge in [0.05, 0.1) is 5.56 Å². The van der Waals surface area contributed by atoms with Crippen molar-refractivity contribution in [3.8, 4) is 0 Å². The highest BCUT2D eigenvalue weighted by atomic mass is 16.4. The van der Waals surface area contributed by atoms with Crippen molar-refractivity contribution in [2.24, 2.45) is 5.41 Å². The van der Waals surface area contributed by atoms with Crippen LogP contribution in [0.4, 0.5) is 0 Å². The van der Waals surface area contributed by atoms with Gasteiger partial charge in [-0.2, -0.15) is 0 Å². The summed E-state index contributed by atoms with van der Waals surface area (Å²) in [5, 5.41) is 11.1. The number of carboxylic acid groups (broad SMARTS) is 1. The SMILES string of the molecule is CC(C)(C)CC(C)(C)n1cc2ccc(C(=O)O)cc2c1. The molecule has 108 valence electrons. The van der Waals surface area contributed by atoms with E-state index in [2.05, 4.69) is 45.4 Å². The molecule has 0 amide bonds. The molecule has 3 heteroatoms. The zero-order chi connectivity index (χ0) is 15.1. The summed E-state index contributed by atoms with van der Waals surface area (Å²) >= 11 is 0. The molecule has 1 aromatic carbocycles. The van der Waals surface area contributed by atoms with E-state index in [-0.39, 0.29) is 11.0 Å². The molecular weight excluding hydrogens is 250 g/mol. The molecule has 20 heavy (non-hydrogen) atoms. The van der Waals surface area contributed by atoms with E-state index in [0.717, 1.165) is 17.2 Å². The second-order valence-electron chi connectivity index (χ2n) is 7.36. The number of aromatic carboxylic acids is 1. The average Bonchev–Trinajstić information content (AvgIpc) is 2.68. The molecule has 0 aliphatic carbocycles. The van der Waals surface area contributed by atoms with Crippen LogP contribution in [-0.2, 0) is 5.54 Å². The fourth-order valence-electron chi connectivity index (χ4n) is 3.01. The second-order valence-corrected chi connectivity index (χ2v) is 7.36. The van der Waals surface area contributed by atoms with Crippen LogP contribution >= 0.6 is 0 Å². The second kappa shape index (κ2) is 4.65. The summed E-state index contributed by atoms with van der Waals surface area (Å²) in [7, 11) is 0. The van der Waals surface area contributed by atoms with Gasteiger partial charge in [-0.25, -0.2) is 4.79 Å². The minimum absolute atomic E-state index is 0.000652. The smallest absolute Gasteiger partial charge is 0.335 e. The number of aromatic nitrogens is 1. The molecule has 0 saturated heterocycles. The zero-order valence-corrected chi connectivity index (χ0v) is 12.9. The molecule has 2 rings (SSSR count). The third-order valence-electron chi connectivity index (χ3n) is 3.55. The molecule has 0 spiro atoms. The number of fused-ring (bicyclic) bond motifs is 1. The van der Waals surface area contributed by atoms with E-state index in [4.69, 9.17) is 5.11 Å². The molecule has 0 atom stereocenters. The largest absolute Gasteiger partial charge is 0.478 e. The van der Waals surface area contributed by atoms with Gasteiger partial charge in [-0.3, -0.25) is 0 Å². The average molecular weight is 273 g/mol. The number of carboxylic acids is 1. The minimum atomic E-state index is -0.881. The third kappa shape index (κ3) is 3.03. The first-order valence-electron chi connectivity index (χ1n) is 6.94. The predicted molar refractivity (Wildman–Crippen MR) is 82.3 cm³/mol. The van der Waals surface area contributed by atoms with Crippen LogP contribution in [0.15, 0.2) is 30.6 Å². The normalized spacial score (nSPS) is 12.8. The summed E-state index contributed by atoms with van der Waals surface area (Å²) in [6.07, 6.45) is 5.20. The van der Waals surface area contributed by atoms with Crippen molar-refractivity contribution in [3.63, 3.8) is 0 Å². The molecule has 1 heterocycles. The zero-order valence-electron chi connectivity index (χ0n) is 12.9. The molecule has 0 fully saturated rings. The van der Waals surface area contributed by atoms with E-state index in [1.807, 2.05) is 12.3 Å². The maximum atomic E-state index is 11.0. The molecule has 1 aromatic heterocycles. The Morgan fingerprint density at radius 1 is 1.10 bits per heavy atom. The van der Waals surface area contributed by atoms with Gasteiger partial charge in [0, 0.05) is 23.3 Å². The highest BCUT2D eigenvalue weighted by Crippen LogP contribution is 2.33. The van der Waals surface area contributed by atoms with E-state index in [0.29, 0.717) is 5.56 Å². The Bertz CT molecular complexity index is 645. The summed E-state index contributed by atoms with van der Waals surface area (Å²) in [4.78, 5) is 11.0. The van der Waals surface area contributed by atoms with Crippen molar-refractivity contribution in [1.29, 1.82) is 0 Å². The van der Waals surface area contributed by atoms with Gasteiger partial charge in [-0.1, -0.05) is 26.8 Å². The first-order valence-corrected chi connectivity index (χ1v) is 6.94. The highest BCUT2D eigenvalue weighted by molar-refractivity contribution is 5.94. The molecule has 0 bridgehead atoms. The molecule has 2 aromatic rings. The quantitative estimate of drug-likeness (QED) is 0.894. The van der Waals surface area contributed by atoms with Crippen molar-refractivity contribution >= 4 is 16.7 Å². The Morgan fingerprint density at radius 2 is 1.70 bits per heavy atom. The number of benzene rings is 1. The molecule has 1 N–H and O–H groups in total. The fraction of sp³-hybridized carbons (Fsp3) is 0.471. The Kier molecular flexibility index (Phi) is 3.41. The van der Waals surface area contributed by atoms with Crippen molar-refractivity contribution in [1.82, 2.24) is 4.57 Å². The van der Waals surface area contributed by atoms with Gasteiger partial charge in [0.25, 0.3) is 0 Å². The number of nitrogens with zero attached hydrogens (tertiary/aromatic N) is 1. The molecule has 0 saturated carbocycles. The van der Waals surface area contributed by atoms with Gasteiger partial charge < -0.3 is 9.67 Å². The lowest BCUT2D eigenvalue weighted by atomic mass is 9.81. The molecule has 3 nitrogen and oxygen atoms in total. The van der Waals surface area contributed by atoms with E-state index < -0.39 is 5.97 Å². The molecule has 0 unspecified atom stereocenters. The van der Waals surface area contributed by atoms with Crippen LogP contribution in [-0.4, -0.2) is 15.6 Å². The fourth-order valence-corrected chi connectivity index (χ4v) is 3.01. The van der Waals surface area contributed by atoms with Crippen LogP contribution in [0.25, 0.3) is 10.8 Å². The summed E-state index contributed by atoms with van der Waals surface area (Å²) in [6, 6.07) is 5.27. The Balaban J connectivity index is 2.43. The molecular formula is C17H23NO2. The van der Waals surface area contributed by atoms with Gasteiger partial charge >= 0.3 is 5.97 Å². The maximum Gasteiger partial charge on any atom is 0.335 e. The third-order valence-corrected chi connectivity index (χ3v) is 3.55.